The van der Waals surface area contributed by atoms with E-state index in [0.717, 1.165) is 18.6 Å². The van der Waals surface area contributed by atoms with Gasteiger partial charge in [0.15, 0.2) is 0 Å². The molecule has 0 bridgehead atoms. The highest BCUT2D eigenvalue weighted by atomic mass is 16.5. The number of nitrogens with zero attached hydrogens (tertiary/aromatic N) is 1. The van der Waals surface area contributed by atoms with Crippen LogP contribution in [0.5, 0.6) is 5.75 Å². The van der Waals surface area contributed by atoms with Gasteiger partial charge in [0.05, 0.1) is 13.2 Å². The summed E-state index contributed by atoms with van der Waals surface area (Å²) in [6.45, 7) is 0. The summed E-state index contributed by atoms with van der Waals surface area (Å²) in [5, 5.41) is 8.60. The van der Waals surface area contributed by atoms with E-state index in [2.05, 4.69) is 18.2 Å². The molecule has 15 heavy (non-hydrogen) atoms. The Balaban J connectivity index is 2.20. The maximum absolute atomic E-state index is 8.60. The van der Waals surface area contributed by atoms with Gasteiger partial charge in [-0.2, -0.15) is 5.26 Å². The van der Waals surface area contributed by atoms with Crippen LogP contribution in [0.1, 0.15) is 36.3 Å². The van der Waals surface area contributed by atoms with Crippen molar-refractivity contribution in [1.29, 1.82) is 5.26 Å². The van der Waals surface area contributed by atoms with Crippen LogP contribution in [0.4, 0.5) is 0 Å². The average Bonchev–Trinajstić information content (AvgIpc) is 2.68. The fourth-order valence-electron chi connectivity index (χ4n) is 2.33. The minimum Gasteiger partial charge on any atom is -0.497 e. The number of ether oxygens (including phenoxy) is 1. The summed E-state index contributed by atoms with van der Waals surface area (Å²) in [4.78, 5) is 0. The van der Waals surface area contributed by atoms with Crippen molar-refractivity contribution in [3.05, 3.63) is 29.3 Å². The summed E-state index contributed by atoms with van der Waals surface area (Å²) >= 11 is 0. The first-order valence-electron chi connectivity index (χ1n) is 5.39. The molecule has 78 valence electrons. The molecule has 0 saturated heterocycles. The van der Waals surface area contributed by atoms with Gasteiger partial charge in [-0.15, -0.1) is 0 Å². The molecule has 0 unspecified atom stereocenters. The van der Waals surface area contributed by atoms with E-state index in [1.165, 1.54) is 17.5 Å². The van der Waals surface area contributed by atoms with Crippen LogP contribution in [0.3, 0.4) is 0 Å². The molecule has 0 radical (unpaired) electrons. The normalized spacial score (nSPS) is 18.3. The van der Waals surface area contributed by atoms with Gasteiger partial charge in [-0.3, -0.25) is 0 Å². The van der Waals surface area contributed by atoms with Gasteiger partial charge < -0.3 is 4.74 Å². The molecule has 0 aliphatic heterocycles. The van der Waals surface area contributed by atoms with Gasteiger partial charge in [0.1, 0.15) is 5.75 Å². The molecule has 1 aromatic carbocycles. The third kappa shape index (κ3) is 1.97. The Kier molecular flexibility index (Phi) is 2.91. The molecular formula is C13H15NO. The van der Waals surface area contributed by atoms with E-state index in [1.807, 2.05) is 6.07 Å². The zero-order chi connectivity index (χ0) is 10.7. The fourth-order valence-corrected chi connectivity index (χ4v) is 2.33. The Labute approximate surface area is 90.5 Å². The molecule has 1 aromatic rings. The largest absolute Gasteiger partial charge is 0.497 e. The van der Waals surface area contributed by atoms with E-state index in [9.17, 15) is 0 Å². The van der Waals surface area contributed by atoms with Gasteiger partial charge in [0.25, 0.3) is 0 Å². The molecule has 1 aliphatic rings. The highest BCUT2D eigenvalue weighted by molar-refractivity contribution is 5.41. The zero-order valence-corrected chi connectivity index (χ0v) is 8.99. The second kappa shape index (κ2) is 4.35. The highest BCUT2D eigenvalue weighted by Gasteiger charge is 2.22. The topological polar surface area (TPSA) is 33.0 Å². The van der Waals surface area contributed by atoms with Crippen LogP contribution in [-0.4, -0.2) is 7.11 Å². The number of aryl methyl sites for hydroxylation is 1. The molecule has 1 aliphatic carbocycles. The third-order valence-corrected chi connectivity index (χ3v) is 3.16. The van der Waals surface area contributed by atoms with E-state index in [4.69, 9.17) is 10.00 Å². The summed E-state index contributed by atoms with van der Waals surface area (Å²) in [6.07, 6.45) is 3.97. The lowest BCUT2D eigenvalue weighted by atomic mass is 9.96. The van der Waals surface area contributed by atoms with Gasteiger partial charge in [-0.1, -0.05) is 6.07 Å². The predicted octanol–water partition coefficient (Wildman–Crippen LogP) is 3.03. The fraction of sp³-hybridized carbons (Fsp3) is 0.462. The van der Waals surface area contributed by atoms with E-state index >= 15 is 0 Å². The van der Waals surface area contributed by atoms with E-state index < -0.39 is 0 Å². The molecule has 0 saturated carbocycles. The Bertz CT molecular complexity index is 392. The van der Waals surface area contributed by atoms with Gasteiger partial charge in [-0.25, -0.2) is 0 Å². The monoisotopic (exact) mass is 201 g/mol. The minimum absolute atomic E-state index is 0.565. The molecule has 2 heteroatoms. The van der Waals surface area contributed by atoms with Crippen molar-refractivity contribution in [2.24, 2.45) is 0 Å². The second-order valence-electron chi connectivity index (χ2n) is 4.00. The number of methoxy groups -OCH3 is 1. The molecule has 2 rings (SSSR count). The summed E-state index contributed by atoms with van der Waals surface area (Å²) in [7, 11) is 1.70. The van der Waals surface area contributed by atoms with E-state index in [-0.39, 0.29) is 0 Å². The Morgan fingerprint density at radius 3 is 3.13 bits per heavy atom. The standard InChI is InChI=1S/C13H15NO/c1-15-12-7-6-11-5-4-10(3-2-8-14)13(11)9-12/h6-7,9-10H,2-5H2,1H3/t10-/m1/s1. The number of hydrogen-bond acceptors (Lipinski definition) is 2. The molecular weight excluding hydrogens is 186 g/mol. The lowest BCUT2D eigenvalue weighted by Crippen LogP contribution is -1.94. The van der Waals surface area contributed by atoms with Crippen LogP contribution in [0.25, 0.3) is 0 Å². The van der Waals surface area contributed by atoms with Crippen molar-refractivity contribution in [2.75, 3.05) is 7.11 Å². The Hall–Kier alpha value is -1.49. The van der Waals surface area contributed by atoms with Gasteiger partial charge in [0.2, 0.25) is 0 Å². The zero-order valence-electron chi connectivity index (χ0n) is 8.99. The SMILES string of the molecule is COc1ccc2c(c1)[C@H](CCC#N)CC2. The van der Waals surface area contributed by atoms with Crippen LogP contribution < -0.4 is 4.74 Å². The van der Waals surface area contributed by atoms with E-state index in [0.29, 0.717) is 12.3 Å². The number of rotatable bonds is 3. The van der Waals surface area contributed by atoms with Crippen molar-refractivity contribution < 1.29 is 4.74 Å². The van der Waals surface area contributed by atoms with Crippen LogP contribution in [-0.2, 0) is 6.42 Å². The second-order valence-corrected chi connectivity index (χ2v) is 4.00. The van der Waals surface area contributed by atoms with Crippen LogP contribution in [0.2, 0.25) is 0 Å². The average molecular weight is 201 g/mol. The predicted molar refractivity (Wildman–Crippen MR) is 58.9 cm³/mol. The van der Waals surface area contributed by atoms with E-state index in [1.54, 1.807) is 7.11 Å². The lowest BCUT2D eigenvalue weighted by Gasteiger charge is -2.10. The van der Waals surface area contributed by atoms with Gasteiger partial charge >= 0.3 is 0 Å². The molecule has 1 atom stereocenters. The van der Waals surface area contributed by atoms with Crippen LogP contribution in [0.15, 0.2) is 18.2 Å². The summed E-state index contributed by atoms with van der Waals surface area (Å²) in [6, 6.07) is 8.52. The number of nitriles is 1. The van der Waals surface area contributed by atoms with Crippen molar-refractivity contribution in [3.63, 3.8) is 0 Å². The smallest absolute Gasteiger partial charge is 0.119 e. The van der Waals surface area contributed by atoms with Crippen molar-refractivity contribution in [1.82, 2.24) is 0 Å². The number of fused-ring (bicyclic) bond motifs is 1. The van der Waals surface area contributed by atoms with Gasteiger partial charge in [-0.05, 0) is 48.4 Å². The van der Waals surface area contributed by atoms with Crippen LogP contribution in [0, 0.1) is 11.3 Å². The molecule has 0 heterocycles. The summed E-state index contributed by atoms with van der Waals surface area (Å²) in [5.74, 6) is 1.49. The Morgan fingerprint density at radius 1 is 1.53 bits per heavy atom. The molecule has 0 aromatic heterocycles. The summed E-state index contributed by atoms with van der Waals surface area (Å²) < 4.78 is 5.23. The van der Waals surface area contributed by atoms with Crippen molar-refractivity contribution in [3.8, 4) is 11.8 Å². The van der Waals surface area contributed by atoms with Crippen molar-refractivity contribution in [2.45, 2.75) is 31.6 Å². The molecule has 0 spiro atoms. The number of benzene rings is 1. The first-order valence-corrected chi connectivity index (χ1v) is 5.39. The third-order valence-electron chi connectivity index (χ3n) is 3.16. The molecule has 2 nitrogen and oxygen atoms in total. The van der Waals surface area contributed by atoms with Gasteiger partial charge in [0, 0.05) is 6.42 Å². The summed E-state index contributed by atoms with van der Waals surface area (Å²) in [5.41, 5.74) is 2.82. The molecule has 0 amide bonds. The molecule has 0 N–H and O–H groups in total. The quantitative estimate of drug-likeness (QED) is 0.753. The lowest BCUT2D eigenvalue weighted by molar-refractivity contribution is 0.414. The van der Waals surface area contributed by atoms with Crippen LogP contribution >= 0.6 is 0 Å². The van der Waals surface area contributed by atoms with Crippen molar-refractivity contribution >= 4 is 0 Å². The maximum atomic E-state index is 8.60. The number of hydrogen-bond donors (Lipinski definition) is 0. The first kappa shape index (κ1) is 10.0. The Morgan fingerprint density at radius 2 is 2.40 bits per heavy atom. The minimum atomic E-state index is 0.565. The molecule has 0 fully saturated rings. The first-order chi connectivity index (χ1) is 7.35. The maximum Gasteiger partial charge on any atom is 0.119 e. The highest BCUT2D eigenvalue weighted by Crippen LogP contribution is 2.37.